The number of rotatable bonds is 5. The molecule has 1 aliphatic carbocycles. The minimum Gasteiger partial charge on any atom is -0.496 e. The first-order valence-corrected chi connectivity index (χ1v) is 8.88. The first-order chi connectivity index (χ1) is 11.8. The lowest BCUT2D eigenvalue weighted by molar-refractivity contribution is 0.00158. The second-order valence-corrected chi connectivity index (χ2v) is 6.72. The molecule has 5 heteroatoms. The Morgan fingerprint density at radius 2 is 2.12 bits per heavy atom. The van der Waals surface area contributed by atoms with Crippen molar-refractivity contribution in [1.29, 1.82) is 0 Å². The van der Waals surface area contributed by atoms with E-state index in [1.807, 2.05) is 24.3 Å². The van der Waals surface area contributed by atoms with Crippen LogP contribution in [0.4, 0.5) is 0 Å². The maximum Gasteiger partial charge on any atom is 0.135 e. The summed E-state index contributed by atoms with van der Waals surface area (Å²) in [5.74, 6) is 1.85. The van der Waals surface area contributed by atoms with Crippen molar-refractivity contribution < 1.29 is 9.47 Å². The van der Waals surface area contributed by atoms with E-state index in [9.17, 15) is 0 Å². The first-order valence-electron chi connectivity index (χ1n) is 8.88. The number of nitrogens with zero attached hydrogens (tertiary/aromatic N) is 2. The Balaban J connectivity index is 1.45. The third-order valence-electron chi connectivity index (χ3n) is 5.08. The number of hydrogen-bond donors (Lipinski definition) is 1. The van der Waals surface area contributed by atoms with Gasteiger partial charge in [0.2, 0.25) is 0 Å². The molecule has 0 amide bonds. The number of nitrogens with one attached hydrogen (secondary N) is 1. The van der Waals surface area contributed by atoms with Gasteiger partial charge in [0.05, 0.1) is 25.5 Å². The molecule has 1 aliphatic heterocycles. The van der Waals surface area contributed by atoms with Crippen LogP contribution in [0.2, 0.25) is 0 Å². The van der Waals surface area contributed by atoms with E-state index in [0.717, 1.165) is 35.9 Å². The van der Waals surface area contributed by atoms with Crippen LogP contribution >= 0.6 is 0 Å². The average molecular weight is 327 g/mol. The summed E-state index contributed by atoms with van der Waals surface area (Å²) in [5, 5.41) is 3.66. The van der Waals surface area contributed by atoms with Gasteiger partial charge in [-0.15, -0.1) is 0 Å². The summed E-state index contributed by atoms with van der Waals surface area (Å²) in [7, 11) is 1.70. The lowest BCUT2D eigenvalue weighted by Gasteiger charge is -2.26. The Kier molecular flexibility index (Phi) is 4.54. The van der Waals surface area contributed by atoms with Gasteiger partial charge in [-0.25, -0.2) is 4.98 Å². The highest BCUT2D eigenvalue weighted by atomic mass is 16.5. The molecule has 0 spiro atoms. The van der Waals surface area contributed by atoms with Crippen LogP contribution in [0.1, 0.15) is 31.5 Å². The number of fused-ring (bicyclic) bond motifs is 1. The van der Waals surface area contributed by atoms with Crippen LogP contribution in [0.15, 0.2) is 30.5 Å². The van der Waals surface area contributed by atoms with Gasteiger partial charge in [0.1, 0.15) is 18.2 Å². The third kappa shape index (κ3) is 3.19. The third-order valence-corrected chi connectivity index (χ3v) is 5.08. The van der Waals surface area contributed by atoms with Crippen LogP contribution in [0.25, 0.3) is 11.3 Å². The van der Waals surface area contributed by atoms with Gasteiger partial charge in [0, 0.05) is 24.3 Å². The smallest absolute Gasteiger partial charge is 0.135 e. The van der Waals surface area contributed by atoms with Crippen molar-refractivity contribution in [3.8, 4) is 17.0 Å². The molecule has 0 unspecified atom stereocenters. The van der Waals surface area contributed by atoms with Gasteiger partial charge in [0.25, 0.3) is 0 Å². The standard InChI is InChI=1S/C19H25N3O2/c1-23-18-9-5-4-8-16(18)17-12-22-11-15(24-13-19(22)21-17)10-20-14-6-2-3-7-14/h4-5,8-9,12,14-15,20H,2-3,6-7,10-11,13H2,1H3/t15-/m0/s1. The molecule has 2 aromatic rings. The Hall–Kier alpha value is -1.85. The van der Waals surface area contributed by atoms with E-state index < -0.39 is 0 Å². The molecule has 5 nitrogen and oxygen atoms in total. The maximum absolute atomic E-state index is 5.99. The van der Waals surface area contributed by atoms with Crippen molar-refractivity contribution >= 4 is 0 Å². The summed E-state index contributed by atoms with van der Waals surface area (Å²) in [4.78, 5) is 4.74. The number of benzene rings is 1. The van der Waals surface area contributed by atoms with E-state index in [-0.39, 0.29) is 6.10 Å². The van der Waals surface area contributed by atoms with E-state index in [1.165, 1.54) is 25.7 Å². The highest BCUT2D eigenvalue weighted by Crippen LogP contribution is 2.30. The first kappa shape index (κ1) is 15.7. The van der Waals surface area contributed by atoms with Crippen molar-refractivity contribution in [3.05, 3.63) is 36.3 Å². The predicted molar refractivity (Wildman–Crippen MR) is 93.1 cm³/mol. The normalized spacial score (nSPS) is 21.0. The predicted octanol–water partition coefficient (Wildman–Crippen LogP) is 2.99. The van der Waals surface area contributed by atoms with E-state index >= 15 is 0 Å². The quantitative estimate of drug-likeness (QED) is 0.917. The summed E-state index contributed by atoms with van der Waals surface area (Å²) in [6, 6.07) is 8.70. The van der Waals surface area contributed by atoms with E-state index in [0.29, 0.717) is 12.6 Å². The fraction of sp³-hybridized carbons (Fsp3) is 0.526. The van der Waals surface area contributed by atoms with Gasteiger partial charge in [-0.1, -0.05) is 25.0 Å². The number of imidazole rings is 1. The molecule has 1 aromatic carbocycles. The van der Waals surface area contributed by atoms with Crippen molar-refractivity contribution in [2.45, 2.75) is 51.0 Å². The molecule has 24 heavy (non-hydrogen) atoms. The molecule has 1 fully saturated rings. The van der Waals surface area contributed by atoms with Gasteiger partial charge < -0.3 is 19.4 Å². The Bertz CT molecular complexity index is 692. The number of ether oxygens (including phenoxy) is 2. The second kappa shape index (κ2) is 6.95. The molecule has 2 heterocycles. The van der Waals surface area contributed by atoms with Crippen LogP contribution in [0.3, 0.4) is 0 Å². The minimum absolute atomic E-state index is 0.220. The molecule has 1 N–H and O–H groups in total. The van der Waals surface area contributed by atoms with Crippen molar-refractivity contribution in [2.24, 2.45) is 0 Å². The molecule has 128 valence electrons. The lowest BCUT2D eigenvalue weighted by atomic mass is 10.1. The molecule has 1 atom stereocenters. The highest BCUT2D eigenvalue weighted by molar-refractivity contribution is 5.66. The van der Waals surface area contributed by atoms with Crippen LogP contribution in [0.5, 0.6) is 5.75 Å². The van der Waals surface area contributed by atoms with Gasteiger partial charge in [-0.05, 0) is 25.0 Å². The Morgan fingerprint density at radius 3 is 2.96 bits per heavy atom. The van der Waals surface area contributed by atoms with Crippen LogP contribution < -0.4 is 10.1 Å². The molecule has 1 saturated carbocycles. The zero-order valence-electron chi connectivity index (χ0n) is 14.2. The molecule has 2 aliphatic rings. The highest BCUT2D eigenvalue weighted by Gasteiger charge is 2.23. The zero-order chi connectivity index (χ0) is 16.4. The average Bonchev–Trinajstić information content (AvgIpc) is 3.28. The topological polar surface area (TPSA) is 48.3 Å². The molecule has 4 rings (SSSR count). The van der Waals surface area contributed by atoms with Crippen LogP contribution in [-0.4, -0.2) is 35.4 Å². The zero-order valence-corrected chi connectivity index (χ0v) is 14.2. The molecular formula is C19H25N3O2. The van der Waals surface area contributed by atoms with Gasteiger partial charge in [-0.3, -0.25) is 0 Å². The van der Waals surface area contributed by atoms with Crippen LogP contribution in [-0.2, 0) is 17.9 Å². The number of para-hydroxylation sites is 1. The number of aromatic nitrogens is 2. The molecule has 0 radical (unpaired) electrons. The fourth-order valence-electron chi connectivity index (χ4n) is 3.73. The number of hydrogen-bond acceptors (Lipinski definition) is 4. The largest absolute Gasteiger partial charge is 0.496 e. The fourth-order valence-corrected chi connectivity index (χ4v) is 3.73. The van der Waals surface area contributed by atoms with Gasteiger partial charge in [0.15, 0.2) is 0 Å². The Morgan fingerprint density at radius 1 is 1.29 bits per heavy atom. The SMILES string of the molecule is COc1ccccc1-c1cn2c(n1)CO[C@@H](CNC1CCCC1)C2. The summed E-state index contributed by atoms with van der Waals surface area (Å²) < 4.78 is 13.7. The van der Waals surface area contributed by atoms with E-state index in [4.69, 9.17) is 14.5 Å². The van der Waals surface area contributed by atoms with Crippen molar-refractivity contribution in [2.75, 3.05) is 13.7 Å². The second-order valence-electron chi connectivity index (χ2n) is 6.72. The molecule has 0 saturated heterocycles. The van der Waals surface area contributed by atoms with Gasteiger partial charge >= 0.3 is 0 Å². The van der Waals surface area contributed by atoms with Crippen molar-refractivity contribution in [1.82, 2.24) is 14.9 Å². The molecular weight excluding hydrogens is 302 g/mol. The van der Waals surface area contributed by atoms with Gasteiger partial charge in [-0.2, -0.15) is 0 Å². The summed E-state index contributed by atoms with van der Waals surface area (Å²) >= 11 is 0. The minimum atomic E-state index is 0.220. The number of methoxy groups -OCH3 is 1. The molecule has 1 aromatic heterocycles. The monoisotopic (exact) mass is 327 g/mol. The van der Waals surface area contributed by atoms with E-state index in [1.54, 1.807) is 7.11 Å². The summed E-state index contributed by atoms with van der Waals surface area (Å²) in [6.07, 6.45) is 7.67. The lowest BCUT2D eigenvalue weighted by Crippen LogP contribution is -2.39. The summed E-state index contributed by atoms with van der Waals surface area (Å²) in [6.45, 7) is 2.36. The maximum atomic E-state index is 5.99. The Labute approximate surface area is 143 Å². The van der Waals surface area contributed by atoms with Crippen LogP contribution in [0, 0.1) is 0 Å². The molecule has 0 bridgehead atoms. The summed E-state index contributed by atoms with van der Waals surface area (Å²) in [5.41, 5.74) is 1.98. The van der Waals surface area contributed by atoms with E-state index in [2.05, 4.69) is 16.1 Å². The van der Waals surface area contributed by atoms with Crippen molar-refractivity contribution in [3.63, 3.8) is 0 Å².